The van der Waals surface area contributed by atoms with Crippen molar-refractivity contribution >= 4 is 33.8 Å². The summed E-state index contributed by atoms with van der Waals surface area (Å²) >= 11 is 0. The molecule has 236 valence electrons. The maximum Gasteiger partial charge on any atom is 0.347 e. The molecular formula is C40H34O7. The lowest BCUT2D eigenvalue weighted by molar-refractivity contribution is -0.137. The zero-order chi connectivity index (χ0) is 32.4. The lowest BCUT2D eigenvalue weighted by Crippen LogP contribution is -2.06. The van der Waals surface area contributed by atoms with Crippen molar-refractivity contribution in [1.29, 1.82) is 0 Å². The molecule has 1 heterocycles. The van der Waals surface area contributed by atoms with E-state index < -0.39 is 11.6 Å². The van der Waals surface area contributed by atoms with Gasteiger partial charge in [0.2, 0.25) is 0 Å². The van der Waals surface area contributed by atoms with Crippen molar-refractivity contribution in [2.45, 2.75) is 39.1 Å². The van der Waals surface area contributed by atoms with Gasteiger partial charge in [-0.2, -0.15) is 0 Å². The number of benzene rings is 5. The van der Waals surface area contributed by atoms with Crippen molar-refractivity contribution < 1.29 is 28.5 Å². The fourth-order valence-electron chi connectivity index (χ4n) is 5.34. The maximum absolute atomic E-state index is 13.7. The van der Waals surface area contributed by atoms with Crippen molar-refractivity contribution in [3.05, 3.63) is 154 Å². The predicted molar refractivity (Wildman–Crippen MR) is 183 cm³/mol. The van der Waals surface area contributed by atoms with Gasteiger partial charge in [-0.05, 0) is 47.2 Å². The maximum atomic E-state index is 13.7. The van der Waals surface area contributed by atoms with E-state index in [0.29, 0.717) is 65.0 Å². The fourth-order valence-corrected chi connectivity index (χ4v) is 5.34. The number of hydrogen-bond acceptors (Lipinski definition) is 6. The molecule has 7 heteroatoms. The zero-order valence-corrected chi connectivity index (χ0v) is 25.8. The Hall–Kier alpha value is -5.82. The zero-order valence-electron chi connectivity index (χ0n) is 25.8. The van der Waals surface area contributed by atoms with Crippen molar-refractivity contribution in [3.8, 4) is 17.2 Å². The molecule has 0 unspecified atom stereocenters. The Labute approximate surface area is 272 Å². The molecule has 0 saturated carbocycles. The number of ether oxygens (including phenoxy) is 3. The first-order chi connectivity index (χ1) is 23.0. The number of allylic oxidation sites excluding steroid dienone is 1. The lowest BCUT2D eigenvalue weighted by atomic mass is 10.0. The van der Waals surface area contributed by atoms with Crippen LogP contribution in [-0.2, 0) is 24.6 Å². The molecule has 0 atom stereocenters. The Bertz CT molecular complexity index is 2050. The first-order valence-corrected chi connectivity index (χ1v) is 15.5. The number of rotatable bonds is 14. The molecule has 0 aliphatic carbocycles. The molecule has 6 aromatic rings. The van der Waals surface area contributed by atoms with Crippen LogP contribution in [0.3, 0.4) is 0 Å². The van der Waals surface area contributed by atoms with Gasteiger partial charge in [-0.1, -0.05) is 103 Å². The Morgan fingerprint density at radius 1 is 0.681 bits per heavy atom. The van der Waals surface area contributed by atoms with Crippen molar-refractivity contribution in [1.82, 2.24) is 0 Å². The quantitative estimate of drug-likeness (QED) is 0.0733. The van der Waals surface area contributed by atoms with Gasteiger partial charge in [0.05, 0.1) is 0 Å². The van der Waals surface area contributed by atoms with Gasteiger partial charge in [0.1, 0.15) is 48.0 Å². The molecule has 1 N–H and O–H groups in total. The Balaban J connectivity index is 1.46. The molecule has 5 aromatic carbocycles. The minimum Gasteiger partial charge on any atom is -0.489 e. The molecule has 47 heavy (non-hydrogen) atoms. The average molecular weight is 627 g/mol. The van der Waals surface area contributed by atoms with E-state index in [0.717, 1.165) is 22.3 Å². The summed E-state index contributed by atoms with van der Waals surface area (Å²) in [5, 5.41) is 10.7. The summed E-state index contributed by atoms with van der Waals surface area (Å²) in [5.74, 6) is 0.591. The van der Waals surface area contributed by atoms with Crippen molar-refractivity contribution in [3.63, 3.8) is 0 Å². The number of aliphatic carboxylic acids is 1. The van der Waals surface area contributed by atoms with Crippen LogP contribution in [0.1, 0.15) is 41.5 Å². The van der Waals surface area contributed by atoms with Crippen LogP contribution in [0.25, 0.3) is 27.8 Å². The molecule has 0 radical (unpaired) electrons. The van der Waals surface area contributed by atoms with Gasteiger partial charge in [-0.25, -0.2) is 4.79 Å². The highest BCUT2D eigenvalue weighted by molar-refractivity contribution is 6.11. The number of carboxylic acids is 1. The number of carboxylic acid groups (broad SMARTS) is 1. The third-order valence-electron chi connectivity index (χ3n) is 7.65. The van der Waals surface area contributed by atoms with E-state index in [-0.39, 0.29) is 13.0 Å². The van der Waals surface area contributed by atoms with Gasteiger partial charge in [0.25, 0.3) is 0 Å². The second-order valence-corrected chi connectivity index (χ2v) is 11.1. The summed E-state index contributed by atoms with van der Waals surface area (Å²) in [7, 11) is 0. The molecule has 0 aliphatic rings. The number of hydrogen-bond donors (Lipinski definition) is 1. The van der Waals surface area contributed by atoms with Gasteiger partial charge in [0.15, 0.2) is 0 Å². The Morgan fingerprint density at radius 3 is 1.81 bits per heavy atom. The lowest BCUT2D eigenvalue weighted by Gasteiger charge is -2.15. The van der Waals surface area contributed by atoms with Gasteiger partial charge in [0, 0.05) is 29.3 Å². The van der Waals surface area contributed by atoms with Gasteiger partial charge < -0.3 is 23.7 Å². The number of fused-ring (bicyclic) bond motifs is 3. The summed E-state index contributed by atoms with van der Waals surface area (Å²) in [6.07, 6.45) is 4.99. The monoisotopic (exact) mass is 626 g/mol. The van der Waals surface area contributed by atoms with E-state index in [1.807, 2.05) is 115 Å². The van der Waals surface area contributed by atoms with Crippen LogP contribution in [-0.4, -0.2) is 11.1 Å². The van der Waals surface area contributed by atoms with E-state index in [2.05, 4.69) is 0 Å². The highest BCUT2D eigenvalue weighted by Crippen LogP contribution is 2.38. The SMILES string of the molecule is O=C(O)CCCC=Cc1cc(OCc2ccccc2)cc2oc(=O)c3c(OCc4ccccc4)cc(OCc4ccccc4)cc3c12. The van der Waals surface area contributed by atoms with E-state index in [4.69, 9.17) is 23.7 Å². The number of carbonyl (C=O) groups is 1. The van der Waals surface area contributed by atoms with Gasteiger partial charge in [-0.15, -0.1) is 0 Å². The Kier molecular flexibility index (Phi) is 9.93. The van der Waals surface area contributed by atoms with E-state index >= 15 is 0 Å². The first-order valence-electron chi connectivity index (χ1n) is 15.5. The van der Waals surface area contributed by atoms with E-state index in [9.17, 15) is 9.59 Å². The third kappa shape index (κ3) is 8.07. The molecule has 1 aromatic heterocycles. The summed E-state index contributed by atoms with van der Waals surface area (Å²) in [6.45, 7) is 0.913. The van der Waals surface area contributed by atoms with Crippen LogP contribution in [0.2, 0.25) is 0 Å². The standard InChI is InChI=1S/C40H34O7/c41-37(42)20-12-4-11-19-31-21-32(44-25-28-13-5-1-6-14-28)24-36-38(31)34-22-33(45-26-29-15-7-2-8-16-29)23-35(39(34)40(43)47-36)46-27-30-17-9-3-10-18-30/h1-3,5-11,13-19,21-24H,4,12,20,25-27H2,(H,41,42). The molecule has 0 fully saturated rings. The van der Waals surface area contributed by atoms with E-state index in [1.54, 1.807) is 12.1 Å². The highest BCUT2D eigenvalue weighted by Gasteiger charge is 2.19. The van der Waals surface area contributed by atoms with Crippen molar-refractivity contribution in [2.24, 2.45) is 0 Å². The van der Waals surface area contributed by atoms with Gasteiger partial charge in [-0.3, -0.25) is 4.79 Å². The third-order valence-corrected chi connectivity index (χ3v) is 7.65. The van der Waals surface area contributed by atoms with Crippen molar-refractivity contribution in [2.75, 3.05) is 0 Å². The molecule has 7 nitrogen and oxygen atoms in total. The van der Waals surface area contributed by atoms with Crippen LogP contribution < -0.4 is 19.8 Å². The molecular weight excluding hydrogens is 592 g/mol. The van der Waals surface area contributed by atoms with Gasteiger partial charge >= 0.3 is 11.6 Å². The predicted octanol–water partition coefficient (Wildman–Crippen LogP) is 8.95. The minimum atomic E-state index is -0.834. The molecule has 0 amide bonds. The number of unbranched alkanes of at least 4 members (excludes halogenated alkanes) is 1. The second kappa shape index (κ2) is 15.0. The fraction of sp³-hybridized carbons (Fsp3) is 0.150. The molecule has 0 saturated heterocycles. The summed E-state index contributed by atoms with van der Waals surface area (Å²) in [6, 6.07) is 36.6. The average Bonchev–Trinajstić information content (AvgIpc) is 3.09. The van der Waals surface area contributed by atoms with Crippen LogP contribution in [0.5, 0.6) is 17.2 Å². The molecule has 0 bridgehead atoms. The highest BCUT2D eigenvalue weighted by atomic mass is 16.5. The van der Waals surface area contributed by atoms with E-state index in [1.165, 1.54) is 0 Å². The topological polar surface area (TPSA) is 95.2 Å². The molecule has 6 rings (SSSR count). The first kappa shape index (κ1) is 31.2. The van der Waals surface area contributed by atoms with Crippen LogP contribution in [0, 0.1) is 0 Å². The largest absolute Gasteiger partial charge is 0.489 e. The summed E-state index contributed by atoms with van der Waals surface area (Å²) in [4.78, 5) is 24.7. The smallest absolute Gasteiger partial charge is 0.347 e. The Morgan fingerprint density at radius 2 is 1.23 bits per heavy atom. The second-order valence-electron chi connectivity index (χ2n) is 11.1. The molecule has 0 aliphatic heterocycles. The van der Waals surface area contributed by atoms with Crippen LogP contribution >= 0.6 is 0 Å². The summed E-state index contributed by atoms with van der Waals surface area (Å²) < 4.78 is 24.6. The normalized spacial score (nSPS) is 11.2. The minimum absolute atomic E-state index is 0.0767. The summed E-state index contributed by atoms with van der Waals surface area (Å²) in [5.41, 5.74) is 3.52. The van der Waals surface area contributed by atoms with Crippen LogP contribution in [0.4, 0.5) is 0 Å². The molecule has 0 spiro atoms. The van der Waals surface area contributed by atoms with Crippen LogP contribution in [0.15, 0.2) is 131 Å².